The van der Waals surface area contributed by atoms with Crippen molar-refractivity contribution in [3.8, 4) is 5.75 Å². The summed E-state index contributed by atoms with van der Waals surface area (Å²) in [6.45, 7) is 4.55. The van der Waals surface area contributed by atoms with Crippen molar-refractivity contribution in [3.63, 3.8) is 0 Å². The van der Waals surface area contributed by atoms with Crippen LogP contribution in [0.25, 0.3) is 0 Å². The predicted molar refractivity (Wildman–Crippen MR) is 65.1 cm³/mol. The third kappa shape index (κ3) is 3.14. The molecule has 0 spiro atoms. The second-order valence-electron chi connectivity index (χ2n) is 4.00. The Labute approximate surface area is 96.8 Å². The Kier molecular flexibility index (Phi) is 4.05. The summed E-state index contributed by atoms with van der Waals surface area (Å²) < 4.78 is 11.2. The fraction of sp³-hybridized carbons (Fsp3) is 0.538. The molecule has 0 amide bonds. The molecule has 1 atom stereocenters. The molecule has 1 heterocycles. The van der Waals surface area contributed by atoms with Gasteiger partial charge in [0.1, 0.15) is 12.4 Å². The van der Waals surface area contributed by atoms with Crippen molar-refractivity contribution >= 4 is 5.69 Å². The first-order valence-corrected chi connectivity index (χ1v) is 5.97. The number of rotatable bonds is 5. The lowest BCUT2D eigenvalue weighted by Gasteiger charge is -2.12. The number of ether oxygens (including phenoxy) is 2. The molecule has 1 unspecified atom stereocenters. The second kappa shape index (κ2) is 5.75. The van der Waals surface area contributed by atoms with Crippen LogP contribution in [0.15, 0.2) is 24.3 Å². The van der Waals surface area contributed by atoms with Crippen LogP contribution in [0, 0.1) is 0 Å². The van der Waals surface area contributed by atoms with E-state index in [1.165, 1.54) is 0 Å². The molecule has 88 valence electrons. The van der Waals surface area contributed by atoms with E-state index in [0.29, 0.717) is 6.61 Å². The lowest BCUT2D eigenvalue weighted by molar-refractivity contribution is 0.0680. The van der Waals surface area contributed by atoms with Gasteiger partial charge in [0.05, 0.1) is 6.10 Å². The molecule has 1 saturated heterocycles. The molecule has 0 radical (unpaired) electrons. The quantitative estimate of drug-likeness (QED) is 0.829. The van der Waals surface area contributed by atoms with E-state index in [1.807, 2.05) is 24.3 Å². The largest absolute Gasteiger partial charge is 0.491 e. The number of hydrogen-bond acceptors (Lipinski definition) is 3. The number of nitrogens with one attached hydrogen (secondary N) is 1. The maximum atomic E-state index is 5.71. The van der Waals surface area contributed by atoms with Crippen LogP contribution in [0.3, 0.4) is 0 Å². The monoisotopic (exact) mass is 221 g/mol. The van der Waals surface area contributed by atoms with Gasteiger partial charge in [0, 0.05) is 24.9 Å². The van der Waals surface area contributed by atoms with E-state index >= 15 is 0 Å². The number of benzene rings is 1. The van der Waals surface area contributed by atoms with Gasteiger partial charge in [-0.1, -0.05) is 6.07 Å². The molecule has 0 saturated carbocycles. The summed E-state index contributed by atoms with van der Waals surface area (Å²) in [7, 11) is 0. The van der Waals surface area contributed by atoms with Crippen LogP contribution >= 0.6 is 0 Å². The van der Waals surface area contributed by atoms with Crippen LogP contribution in [-0.2, 0) is 4.74 Å². The molecular formula is C13H19NO2. The van der Waals surface area contributed by atoms with Gasteiger partial charge in [0.2, 0.25) is 0 Å². The zero-order valence-electron chi connectivity index (χ0n) is 9.74. The Morgan fingerprint density at radius 1 is 1.50 bits per heavy atom. The zero-order valence-corrected chi connectivity index (χ0v) is 9.74. The summed E-state index contributed by atoms with van der Waals surface area (Å²) >= 11 is 0. The van der Waals surface area contributed by atoms with Gasteiger partial charge in [-0.05, 0) is 31.9 Å². The standard InChI is InChI=1S/C13H19NO2/c1-2-14-11-5-3-6-12(9-11)16-10-13-7-4-8-15-13/h3,5-6,9,13-14H,2,4,7-8,10H2,1H3. The van der Waals surface area contributed by atoms with Crippen molar-refractivity contribution in [3.05, 3.63) is 24.3 Å². The van der Waals surface area contributed by atoms with Crippen molar-refractivity contribution in [1.29, 1.82) is 0 Å². The molecule has 1 aromatic carbocycles. The van der Waals surface area contributed by atoms with Crippen LogP contribution in [0.5, 0.6) is 5.75 Å². The predicted octanol–water partition coefficient (Wildman–Crippen LogP) is 2.68. The molecule has 16 heavy (non-hydrogen) atoms. The summed E-state index contributed by atoms with van der Waals surface area (Å²) in [6, 6.07) is 8.06. The number of anilines is 1. The molecule has 0 aromatic heterocycles. The van der Waals surface area contributed by atoms with Gasteiger partial charge in [-0.2, -0.15) is 0 Å². The molecule has 1 aromatic rings. The third-order valence-electron chi connectivity index (χ3n) is 2.67. The van der Waals surface area contributed by atoms with E-state index in [2.05, 4.69) is 12.2 Å². The Bertz CT molecular complexity index is 321. The molecule has 1 fully saturated rings. The maximum absolute atomic E-state index is 5.71. The molecular weight excluding hydrogens is 202 g/mol. The van der Waals surface area contributed by atoms with Crippen molar-refractivity contribution in [2.45, 2.75) is 25.9 Å². The van der Waals surface area contributed by atoms with Crippen LogP contribution in [0.4, 0.5) is 5.69 Å². The topological polar surface area (TPSA) is 30.5 Å². The molecule has 0 aliphatic carbocycles. The Hall–Kier alpha value is -1.22. The van der Waals surface area contributed by atoms with Gasteiger partial charge in [-0.25, -0.2) is 0 Å². The van der Waals surface area contributed by atoms with Gasteiger partial charge in [-0.15, -0.1) is 0 Å². The lowest BCUT2D eigenvalue weighted by atomic mass is 10.2. The third-order valence-corrected chi connectivity index (χ3v) is 2.67. The minimum atomic E-state index is 0.280. The molecule has 0 bridgehead atoms. The average molecular weight is 221 g/mol. The van der Waals surface area contributed by atoms with Gasteiger partial charge in [0.15, 0.2) is 0 Å². The van der Waals surface area contributed by atoms with Crippen LogP contribution in [-0.4, -0.2) is 25.9 Å². The average Bonchev–Trinajstić information content (AvgIpc) is 2.80. The minimum Gasteiger partial charge on any atom is -0.491 e. The highest BCUT2D eigenvalue weighted by Gasteiger charge is 2.15. The first kappa shape index (κ1) is 11.3. The Morgan fingerprint density at radius 2 is 2.44 bits per heavy atom. The van der Waals surface area contributed by atoms with Gasteiger partial charge < -0.3 is 14.8 Å². The van der Waals surface area contributed by atoms with Gasteiger partial charge in [-0.3, -0.25) is 0 Å². The van der Waals surface area contributed by atoms with Crippen LogP contribution in [0.2, 0.25) is 0 Å². The fourth-order valence-corrected chi connectivity index (χ4v) is 1.86. The molecule has 1 aliphatic heterocycles. The SMILES string of the molecule is CCNc1cccc(OCC2CCCO2)c1. The number of hydrogen-bond donors (Lipinski definition) is 1. The Morgan fingerprint density at radius 3 is 3.19 bits per heavy atom. The summed E-state index contributed by atoms with van der Waals surface area (Å²) in [5.41, 5.74) is 1.10. The van der Waals surface area contributed by atoms with Gasteiger partial charge >= 0.3 is 0 Å². The minimum absolute atomic E-state index is 0.280. The first-order chi connectivity index (χ1) is 7.88. The molecule has 1 N–H and O–H groups in total. The normalized spacial score (nSPS) is 19.7. The van der Waals surface area contributed by atoms with E-state index < -0.39 is 0 Å². The van der Waals surface area contributed by atoms with E-state index in [4.69, 9.17) is 9.47 Å². The van der Waals surface area contributed by atoms with E-state index in [-0.39, 0.29) is 6.10 Å². The molecule has 1 aliphatic rings. The summed E-state index contributed by atoms with van der Waals surface area (Å²) in [4.78, 5) is 0. The second-order valence-corrected chi connectivity index (χ2v) is 4.00. The van der Waals surface area contributed by atoms with Crippen LogP contribution < -0.4 is 10.1 Å². The highest BCUT2D eigenvalue weighted by Crippen LogP contribution is 2.19. The van der Waals surface area contributed by atoms with E-state index in [0.717, 1.165) is 37.4 Å². The van der Waals surface area contributed by atoms with Crippen LogP contribution in [0.1, 0.15) is 19.8 Å². The fourth-order valence-electron chi connectivity index (χ4n) is 1.86. The summed E-state index contributed by atoms with van der Waals surface area (Å²) in [6.07, 6.45) is 2.56. The lowest BCUT2D eigenvalue weighted by Crippen LogP contribution is -2.16. The van der Waals surface area contributed by atoms with Crippen molar-refractivity contribution in [1.82, 2.24) is 0 Å². The van der Waals surface area contributed by atoms with Gasteiger partial charge in [0.25, 0.3) is 0 Å². The van der Waals surface area contributed by atoms with Crippen molar-refractivity contribution in [2.75, 3.05) is 25.1 Å². The van der Waals surface area contributed by atoms with E-state index in [1.54, 1.807) is 0 Å². The highest BCUT2D eigenvalue weighted by atomic mass is 16.5. The highest BCUT2D eigenvalue weighted by molar-refractivity contribution is 5.47. The molecule has 3 nitrogen and oxygen atoms in total. The maximum Gasteiger partial charge on any atom is 0.121 e. The van der Waals surface area contributed by atoms with Crippen molar-refractivity contribution in [2.24, 2.45) is 0 Å². The van der Waals surface area contributed by atoms with Crippen molar-refractivity contribution < 1.29 is 9.47 Å². The summed E-state index contributed by atoms with van der Waals surface area (Å²) in [5, 5.41) is 3.26. The Balaban J connectivity index is 1.85. The smallest absolute Gasteiger partial charge is 0.121 e. The molecule has 3 heteroatoms. The zero-order chi connectivity index (χ0) is 11.2. The summed E-state index contributed by atoms with van der Waals surface area (Å²) in [5.74, 6) is 0.911. The first-order valence-electron chi connectivity index (χ1n) is 5.97. The molecule has 2 rings (SSSR count). The van der Waals surface area contributed by atoms with E-state index in [9.17, 15) is 0 Å².